The Morgan fingerprint density at radius 1 is 1.11 bits per heavy atom. The molecule has 2 N–H and O–H groups in total. The topological polar surface area (TPSA) is 66.4 Å². The predicted octanol–water partition coefficient (Wildman–Crippen LogP) is 2.33. The van der Waals surface area contributed by atoms with E-state index in [1.807, 2.05) is 0 Å². The smallest absolute Gasteiger partial charge is 0.326 e. The fourth-order valence-electron chi connectivity index (χ4n) is 2.81. The van der Waals surface area contributed by atoms with Gasteiger partial charge in [0, 0.05) is 6.42 Å². The Hall–Kier alpha value is -1.06. The summed E-state index contributed by atoms with van der Waals surface area (Å²) in [5.41, 5.74) is 0. The summed E-state index contributed by atoms with van der Waals surface area (Å²) in [6, 6.07) is -0.673. The number of amides is 1. The molecule has 2 aliphatic carbocycles. The largest absolute Gasteiger partial charge is 0.480 e. The summed E-state index contributed by atoms with van der Waals surface area (Å²) in [5, 5.41) is 11.7. The Bertz CT molecular complexity index is 306. The van der Waals surface area contributed by atoms with Crippen molar-refractivity contribution in [1.82, 2.24) is 5.32 Å². The van der Waals surface area contributed by atoms with Gasteiger partial charge in [0.25, 0.3) is 0 Å². The van der Waals surface area contributed by atoms with Gasteiger partial charge in [-0.25, -0.2) is 4.79 Å². The van der Waals surface area contributed by atoms with Crippen LogP contribution in [0.15, 0.2) is 0 Å². The van der Waals surface area contributed by atoms with Crippen molar-refractivity contribution in [2.24, 2.45) is 11.8 Å². The zero-order valence-electron chi connectivity index (χ0n) is 10.9. The van der Waals surface area contributed by atoms with Crippen molar-refractivity contribution in [3.05, 3.63) is 0 Å². The zero-order valence-corrected chi connectivity index (χ0v) is 10.9. The highest BCUT2D eigenvalue weighted by atomic mass is 16.4. The fourth-order valence-corrected chi connectivity index (χ4v) is 2.81. The van der Waals surface area contributed by atoms with Crippen molar-refractivity contribution in [2.45, 2.75) is 63.8 Å². The molecule has 0 saturated heterocycles. The van der Waals surface area contributed by atoms with Crippen LogP contribution in [0.1, 0.15) is 57.8 Å². The van der Waals surface area contributed by atoms with Gasteiger partial charge in [-0.05, 0) is 24.7 Å². The number of hydrogen-bond acceptors (Lipinski definition) is 2. The van der Waals surface area contributed by atoms with E-state index in [0.717, 1.165) is 19.3 Å². The number of rotatable bonds is 7. The third kappa shape index (κ3) is 4.31. The van der Waals surface area contributed by atoms with Crippen LogP contribution in [0.2, 0.25) is 0 Å². The van der Waals surface area contributed by atoms with Gasteiger partial charge in [-0.1, -0.05) is 38.5 Å². The number of aliphatic carboxylic acids is 1. The third-order valence-corrected chi connectivity index (χ3v) is 4.15. The number of carbonyl (C=O) groups is 2. The minimum Gasteiger partial charge on any atom is -0.480 e. The lowest BCUT2D eigenvalue weighted by molar-refractivity contribution is -0.142. The molecule has 2 aliphatic rings. The first-order valence-corrected chi connectivity index (χ1v) is 7.17. The molecule has 1 amide bonds. The number of hydrogen-bond donors (Lipinski definition) is 2. The van der Waals surface area contributed by atoms with E-state index in [-0.39, 0.29) is 5.91 Å². The van der Waals surface area contributed by atoms with E-state index in [1.54, 1.807) is 0 Å². The monoisotopic (exact) mass is 253 g/mol. The van der Waals surface area contributed by atoms with E-state index in [1.165, 1.54) is 25.7 Å². The minimum atomic E-state index is -0.892. The standard InChI is InChI=1S/C14H23NO3/c16-13(8-7-10-3-1-2-4-10)15-12(14(17)18)9-11-5-6-11/h10-12H,1-9H2,(H,15,16)(H,17,18). The Morgan fingerprint density at radius 2 is 1.78 bits per heavy atom. The first-order chi connectivity index (χ1) is 8.65. The summed E-state index contributed by atoms with van der Waals surface area (Å²) in [7, 11) is 0. The van der Waals surface area contributed by atoms with Crippen molar-refractivity contribution in [3.8, 4) is 0 Å². The van der Waals surface area contributed by atoms with Crippen LogP contribution in [0.25, 0.3) is 0 Å². The van der Waals surface area contributed by atoms with Crippen LogP contribution in [0.3, 0.4) is 0 Å². The molecular weight excluding hydrogens is 230 g/mol. The molecule has 2 rings (SSSR count). The van der Waals surface area contributed by atoms with Crippen LogP contribution >= 0.6 is 0 Å². The highest BCUT2D eigenvalue weighted by molar-refractivity contribution is 5.83. The second-order valence-electron chi connectivity index (χ2n) is 5.83. The molecule has 1 unspecified atom stereocenters. The molecule has 0 aliphatic heterocycles. The molecule has 0 aromatic heterocycles. The number of nitrogens with one attached hydrogen (secondary N) is 1. The second-order valence-corrected chi connectivity index (χ2v) is 5.83. The van der Waals surface area contributed by atoms with Crippen molar-refractivity contribution < 1.29 is 14.7 Å². The van der Waals surface area contributed by atoms with E-state index in [0.29, 0.717) is 24.7 Å². The Balaban J connectivity index is 1.68. The molecular formula is C14H23NO3. The van der Waals surface area contributed by atoms with Gasteiger partial charge >= 0.3 is 5.97 Å². The molecule has 2 saturated carbocycles. The summed E-state index contributed by atoms with van der Waals surface area (Å²) in [6.07, 6.45) is 9.27. The maximum Gasteiger partial charge on any atom is 0.326 e. The highest BCUT2D eigenvalue weighted by Crippen LogP contribution is 2.33. The van der Waals surface area contributed by atoms with E-state index < -0.39 is 12.0 Å². The average molecular weight is 253 g/mol. The van der Waals surface area contributed by atoms with Crippen LogP contribution in [-0.2, 0) is 9.59 Å². The summed E-state index contributed by atoms with van der Waals surface area (Å²) < 4.78 is 0. The van der Waals surface area contributed by atoms with E-state index in [4.69, 9.17) is 5.11 Å². The predicted molar refractivity (Wildman–Crippen MR) is 68.1 cm³/mol. The zero-order chi connectivity index (χ0) is 13.0. The van der Waals surface area contributed by atoms with Crippen molar-refractivity contribution >= 4 is 11.9 Å². The van der Waals surface area contributed by atoms with Gasteiger partial charge in [-0.3, -0.25) is 4.79 Å². The van der Waals surface area contributed by atoms with Gasteiger partial charge in [0.1, 0.15) is 6.04 Å². The first-order valence-electron chi connectivity index (χ1n) is 7.17. The SMILES string of the molecule is O=C(CCC1CCCC1)NC(CC1CC1)C(=O)O. The molecule has 4 heteroatoms. The van der Waals surface area contributed by atoms with Crippen molar-refractivity contribution in [3.63, 3.8) is 0 Å². The summed E-state index contributed by atoms with van der Waals surface area (Å²) in [6.45, 7) is 0. The lowest BCUT2D eigenvalue weighted by Crippen LogP contribution is -2.41. The van der Waals surface area contributed by atoms with Crippen LogP contribution in [0.4, 0.5) is 0 Å². The van der Waals surface area contributed by atoms with E-state index in [2.05, 4.69) is 5.32 Å². The number of carboxylic acids is 1. The van der Waals surface area contributed by atoms with Gasteiger partial charge in [0.2, 0.25) is 5.91 Å². The lowest BCUT2D eigenvalue weighted by Gasteiger charge is -2.15. The third-order valence-electron chi connectivity index (χ3n) is 4.15. The van der Waals surface area contributed by atoms with Crippen LogP contribution in [0.5, 0.6) is 0 Å². The summed E-state index contributed by atoms with van der Waals surface area (Å²) in [4.78, 5) is 22.8. The number of carbonyl (C=O) groups excluding carboxylic acids is 1. The molecule has 1 atom stereocenters. The van der Waals surface area contributed by atoms with Gasteiger partial charge in [-0.15, -0.1) is 0 Å². The van der Waals surface area contributed by atoms with E-state index >= 15 is 0 Å². The average Bonchev–Trinajstić information content (AvgIpc) is 2.99. The molecule has 102 valence electrons. The van der Waals surface area contributed by atoms with Crippen molar-refractivity contribution in [2.75, 3.05) is 0 Å². The van der Waals surface area contributed by atoms with Crippen LogP contribution in [-0.4, -0.2) is 23.0 Å². The molecule has 0 aromatic carbocycles. The Kier molecular flexibility index (Phi) is 4.61. The van der Waals surface area contributed by atoms with Gasteiger partial charge < -0.3 is 10.4 Å². The maximum absolute atomic E-state index is 11.7. The van der Waals surface area contributed by atoms with E-state index in [9.17, 15) is 9.59 Å². The Morgan fingerprint density at radius 3 is 2.33 bits per heavy atom. The molecule has 0 aromatic rings. The summed E-state index contributed by atoms with van der Waals surface area (Å²) >= 11 is 0. The molecule has 18 heavy (non-hydrogen) atoms. The molecule has 0 heterocycles. The molecule has 4 nitrogen and oxygen atoms in total. The quantitative estimate of drug-likeness (QED) is 0.731. The first kappa shape index (κ1) is 13.4. The van der Waals surface area contributed by atoms with Crippen molar-refractivity contribution in [1.29, 1.82) is 0 Å². The van der Waals surface area contributed by atoms with Crippen LogP contribution < -0.4 is 5.32 Å². The molecule has 0 bridgehead atoms. The van der Waals surface area contributed by atoms with Gasteiger partial charge in [0.15, 0.2) is 0 Å². The minimum absolute atomic E-state index is 0.0880. The molecule has 0 spiro atoms. The van der Waals surface area contributed by atoms with Gasteiger partial charge in [0.05, 0.1) is 0 Å². The highest BCUT2D eigenvalue weighted by Gasteiger charge is 2.30. The fraction of sp³-hybridized carbons (Fsp3) is 0.857. The molecule has 2 fully saturated rings. The normalized spacial score (nSPS) is 21.8. The number of carboxylic acid groups (broad SMARTS) is 1. The van der Waals surface area contributed by atoms with Gasteiger partial charge in [-0.2, -0.15) is 0 Å². The second kappa shape index (κ2) is 6.21. The maximum atomic E-state index is 11.7. The lowest BCUT2D eigenvalue weighted by atomic mass is 10.0. The molecule has 0 radical (unpaired) electrons. The Labute approximate surface area is 108 Å². The summed E-state index contributed by atoms with van der Waals surface area (Å²) in [5.74, 6) is 0.217. The van der Waals surface area contributed by atoms with Crippen LogP contribution in [0, 0.1) is 11.8 Å².